The van der Waals surface area contributed by atoms with Gasteiger partial charge in [-0.1, -0.05) is 6.07 Å². The average Bonchev–Trinajstić information content (AvgIpc) is 2.52. The molecule has 1 heterocycles. The zero-order valence-electron chi connectivity index (χ0n) is 13.5. The van der Waals surface area contributed by atoms with Gasteiger partial charge >= 0.3 is 6.18 Å². The summed E-state index contributed by atoms with van der Waals surface area (Å²) in [5, 5.41) is 7.38. The third kappa shape index (κ3) is 5.61. The first kappa shape index (κ1) is 19.0. The van der Waals surface area contributed by atoms with E-state index in [1.165, 1.54) is 6.92 Å². The van der Waals surface area contributed by atoms with Crippen LogP contribution < -0.4 is 21.7 Å². The molecule has 0 aliphatic rings. The maximum Gasteiger partial charge on any atom is 0.405 e. The summed E-state index contributed by atoms with van der Waals surface area (Å²) in [5.74, 6) is -1.62. The van der Waals surface area contributed by atoms with Crippen molar-refractivity contribution in [3.05, 3.63) is 36.0 Å². The molecule has 0 unspecified atom stereocenters. The molecule has 0 radical (unpaired) electrons. The number of benzene rings is 1. The Hall–Kier alpha value is -3.37. The van der Waals surface area contributed by atoms with E-state index in [4.69, 9.17) is 5.73 Å². The zero-order chi connectivity index (χ0) is 19.3. The van der Waals surface area contributed by atoms with Gasteiger partial charge in [0.15, 0.2) is 0 Å². The standard InChI is InChI=1S/C15H15F3N6O2/c1-8(25)22-9-3-2-4-10(5-9)23-14-20-6-11(12(19)26)13(24-14)21-7-15(16,17)18/h2-6H,7H2,1H3,(H2,19,26)(H,22,25)(H2,20,21,23,24). The highest BCUT2D eigenvalue weighted by Crippen LogP contribution is 2.22. The number of halogens is 3. The molecular weight excluding hydrogens is 353 g/mol. The third-order valence-electron chi connectivity index (χ3n) is 2.95. The summed E-state index contributed by atoms with van der Waals surface area (Å²) >= 11 is 0. The summed E-state index contributed by atoms with van der Waals surface area (Å²) in [5.41, 5.74) is 5.83. The lowest BCUT2D eigenvalue weighted by molar-refractivity contribution is -0.115. The van der Waals surface area contributed by atoms with E-state index in [0.717, 1.165) is 6.20 Å². The first-order valence-electron chi connectivity index (χ1n) is 7.26. The van der Waals surface area contributed by atoms with E-state index in [-0.39, 0.29) is 23.2 Å². The molecule has 5 N–H and O–H groups in total. The monoisotopic (exact) mass is 368 g/mol. The van der Waals surface area contributed by atoms with Gasteiger partial charge in [-0.15, -0.1) is 0 Å². The van der Waals surface area contributed by atoms with Gasteiger partial charge in [0.05, 0.1) is 5.56 Å². The number of hydrogen-bond donors (Lipinski definition) is 4. The van der Waals surface area contributed by atoms with Crippen molar-refractivity contribution in [2.24, 2.45) is 5.73 Å². The Morgan fingerprint density at radius 2 is 1.92 bits per heavy atom. The number of rotatable bonds is 6. The van der Waals surface area contributed by atoms with Gasteiger partial charge in [-0.25, -0.2) is 4.98 Å². The number of alkyl halides is 3. The largest absolute Gasteiger partial charge is 0.405 e. The molecule has 0 saturated heterocycles. The first-order chi connectivity index (χ1) is 12.1. The molecule has 1 aromatic heterocycles. The Morgan fingerprint density at radius 1 is 1.23 bits per heavy atom. The van der Waals surface area contributed by atoms with Crippen molar-refractivity contribution < 1.29 is 22.8 Å². The van der Waals surface area contributed by atoms with Crippen LogP contribution in [0.4, 0.5) is 36.3 Å². The van der Waals surface area contributed by atoms with Crippen molar-refractivity contribution in [1.29, 1.82) is 0 Å². The van der Waals surface area contributed by atoms with E-state index in [2.05, 4.69) is 20.6 Å². The molecule has 0 atom stereocenters. The van der Waals surface area contributed by atoms with Crippen molar-refractivity contribution in [3.63, 3.8) is 0 Å². The van der Waals surface area contributed by atoms with Crippen molar-refractivity contribution in [3.8, 4) is 0 Å². The maximum absolute atomic E-state index is 12.4. The molecular formula is C15H15F3N6O2. The maximum atomic E-state index is 12.4. The van der Waals surface area contributed by atoms with Gasteiger partial charge in [-0.2, -0.15) is 18.2 Å². The number of aromatic nitrogens is 2. The molecule has 0 saturated carbocycles. The molecule has 1 aromatic carbocycles. The van der Waals surface area contributed by atoms with Crippen molar-refractivity contribution in [1.82, 2.24) is 9.97 Å². The van der Waals surface area contributed by atoms with E-state index < -0.39 is 18.6 Å². The summed E-state index contributed by atoms with van der Waals surface area (Å²) in [4.78, 5) is 30.1. The smallest absolute Gasteiger partial charge is 0.365 e. The molecule has 0 aliphatic carbocycles. The van der Waals surface area contributed by atoms with E-state index in [9.17, 15) is 22.8 Å². The summed E-state index contributed by atoms with van der Waals surface area (Å²) in [6, 6.07) is 6.52. The Bertz CT molecular complexity index is 825. The number of nitrogens with two attached hydrogens (primary N) is 1. The van der Waals surface area contributed by atoms with E-state index in [1.807, 2.05) is 5.32 Å². The van der Waals surface area contributed by atoms with Gasteiger partial charge in [0, 0.05) is 24.5 Å². The number of amides is 2. The van der Waals surface area contributed by atoms with Crippen LogP contribution in [0.25, 0.3) is 0 Å². The van der Waals surface area contributed by atoms with E-state index in [0.29, 0.717) is 11.4 Å². The number of nitrogens with zero attached hydrogens (tertiary/aromatic N) is 2. The molecule has 0 aliphatic heterocycles. The second-order valence-electron chi connectivity index (χ2n) is 5.18. The minimum Gasteiger partial charge on any atom is -0.365 e. The number of hydrogen-bond acceptors (Lipinski definition) is 6. The molecule has 0 fully saturated rings. The number of carbonyl (C=O) groups excluding carboxylic acids is 2. The fraction of sp³-hybridized carbons (Fsp3) is 0.200. The Labute approximate surface area is 146 Å². The number of primary amides is 1. The molecule has 8 nitrogen and oxygen atoms in total. The fourth-order valence-electron chi connectivity index (χ4n) is 1.95. The highest BCUT2D eigenvalue weighted by Gasteiger charge is 2.28. The fourth-order valence-corrected chi connectivity index (χ4v) is 1.95. The van der Waals surface area contributed by atoms with Gasteiger partial charge in [0.2, 0.25) is 11.9 Å². The highest BCUT2D eigenvalue weighted by atomic mass is 19.4. The second kappa shape index (κ2) is 7.68. The topological polar surface area (TPSA) is 122 Å². The lowest BCUT2D eigenvalue weighted by Crippen LogP contribution is -2.24. The van der Waals surface area contributed by atoms with Gasteiger partial charge in [0.25, 0.3) is 5.91 Å². The summed E-state index contributed by atoms with van der Waals surface area (Å²) in [7, 11) is 0. The number of anilines is 4. The van der Waals surface area contributed by atoms with Crippen LogP contribution >= 0.6 is 0 Å². The van der Waals surface area contributed by atoms with Crippen molar-refractivity contribution in [2.45, 2.75) is 13.1 Å². The second-order valence-corrected chi connectivity index (χ2v) is 5.18. The van der Waals surface area contributed by atoms with Crippen LogP contribution in [0.3, 0.4) is 0 Å². The molecule has 2 aromatic rings. The SMILES string of the molecule is CC(=O)Nc1cccc(Nc2ncc(C(N)=O)c(NCC(F)(F)F)n2)c1. The molecule has 2 rings (SSSR count). The predicted octanol–water partition coefficient (Wildman–Crippen LogP) is 2.25. The molecule has 0 bridgehead atoms. The van der Waals surface area contributed by atoms with Gasteiger partial charge in [0.1, 0.15) is 12.4 Å². The van der Waals surface area contributed by atoms with Crippen molar-refractivity contribution in [2.75, 3.05) is 22.5 Å². The third-order valence-corrected chi connectivity index (χ3v) is 2.95. The average molecular weight is 368 g/mol. The normalized spacial score (nSPS) is 10.9. The summed E-state index contributed by atoms with van der Waals surface area (Å²) in [6.07, 6.45) is -3.48. The van der Waals surface area contributed by atoms with Crippen LogP contribution in [0.2, 0.25) is 0 Å². The summed E-state index contributed by atoms with van der Waals surface area (Å²) in [6.45, 7) is -0.0356. The highest BCUT2D eigenvalue weighted by molar-refractivity contribution is 5.97. The van der Waals surface area contributed by atoms with Crippen LogP contribution in [0.1, 0.15) is 17.3 Å². The van der Waals surface area contributed by atoms with Crippen LogP contribution in [0.5, 0.6) is 0 Å². The summed E-state index contributed by atoms with van der Waals surface area (Å²) < 4.78 is 37.2. The molecule has 2 amide bonds. The Balaban J connectivity index is 2.24. The predicted molar refractivity (Wildman–Crippen MR) is 89.1 cm³/mol. The molecule has 138 valence electrons. The Kier molecular flexibility index (Phi) is 5.60. The van der Waals surface area contributed by atoms with Crippen LogP contribution in [-0.2, 0) is 4.79 Å². The zero-order valence-corrected chi connectivity index (χ0v) is 13.5. The number of nitrogens with one attached hydrogen (secondary N) is 3. The quantitative estimate of drug-likeness (QED) is 0.620. The lowest BCUT2D eigenvalue weighted by atomic mass is 10.2. The van der Waals surface area contributed by atoms with Crippen molar-refractivity contribution >= 4 is 35.0 Å². The molecule has 11 heteroatoms. The van der Waals surface area contributed by atoms with Crippen LogP contribution in [0.15, 0.2) is 30.5 Å². The van der Waals surface area contributed by atoms with Gasteiger partial charge in [-0.3, -0.25) is 9.59 Å². The van der Waals surface area contributed by atoms with Gasteiger partial charge in [-0.05, 0) is 18.2 Å². The lowest BCUT2D eigenvalue weighted by Gasteiger charge is -2.13. The number of carbonyl (C=O) groups is 2. The molecule has 0 spiro atoms. The first-order valence-corrected chi connectivity index (χ1v) is 7.26. The molecule has 26 heavy (non-hydrogen) atoms. The minimum absolute atomic E-state index is 0.0559. The van der Waals surface area contributed by atoms with E-state index in [1.54, 1.807) is 24.3 Å². The van der Waals surface area contributed by atoms with E-state index >= 15 is 0 Å². The Morgan fingerprint density at radius 3 is 2.54 bits per heavy atom. The van der Waals surface area contributed by atoms with Crippen LogP contribution in [0, 0.1) is 0 Å². The van der Waals surface area contributed by atoms with Gasteiger partial charge < -0.3 is 21.7 Å². The minimum atomic E-state index is -4.50. The van der Waals surface area contributed by atoms with Crippen LogP contribution in [-0.4, -0.2) is 34.5 Å².